The van der Waals surface area contributed by atoms with Gasteiger partial charge in [-0.15, -0.1) is 0 Å². The van der Waals surface area contributed by atoms with E-state index in [2.05, 4.69) is 321 Å². The summed E-state index contributed by atoms with van der Waals surface area (Å²) in [5, 5.41) is 13.2. The van der Waals surface area contributed by atoms with Crippen molar-refractivity contribution in [2.75, 3.05) is 10.2 Å². The Labute approximate surface area is 538 Å². The highest BCUT2D eigenvalue weighted by Gasteiger charge is 2.37. The Morgan fingerprint density at radius 3 is 1.23 bits per heavy atom. The van der Waals surface area contributed by atoms with E-state index >= 15 is 0 Å². The number of anilines is 5. The highest BCUT2D eigenvalue weighted by molar-refractivity contribution is 9.10. The number of benzene rings is 14. The molecule has 16 aromatic rings. The summed E-state index contributed by atoms with van der Waals surface area (Å²) >= 11 is 3.61. The van der Waals surface area contributed by atoms with Gasteiger partial charge in [0.2, 0.25) is 0 Å². The van der Waals surface area contributed by atoms with Gasteiger partial charge in [-0.1, -0.05) is 226 Å². The Balaban J connectivity index is 0.000000121. The van der Waals surface area contributed by atoms with Gasteiger partial charge in [-0.3, -0.25) is 0 Å². The standard InChI is InChI=1S/C43H31NO.C24H17NO.C19H15Br/c1-43(2)39-25-31-13-7-6-12-30(31)24-38(39)35-22-20-33(26-40(35)43)44(32-18-16-29(17-19-32)28-10-4-3-5-11-28)34-21-23-37-36-14-8-9-15-41(36)45-42(37)27-34;1-2-6-17(7-3-1)18-10-12-19(13-11-18)25-20-14-15-22-21-8-4-5-9-23(21)26-24(22)16-20;1-19(2)17-10-13-6-4-3-5-12(13)9-16(17)15-8-7-14(20)11-18(15)19/h3-27H,1-2H3;1-16,25H;3-11H,1-2H3. The second-order valence-electron chi connectivity index (χ2n) is 25.1. The van der Waals surface area contributed by atoms with Gasteiger partial charge in [0.05, 0.1) is 0 Å². The van der Waals surface area contributed by atoms with Crippen molar-refractivity contribution in [1.29, 1.82) is 0 Å². The molecule has 0 spiro atoms. The number of halogens is 1. The van der Waals surface area contributed by atoms with Crippen LogP contribution in [0.5, 0.6) is 0 Å². The summed E-state index contributed by atoms with van der Waals surface area (Å²) in [5.41, 5.74) is 24.8. The summed E-state index contributed by atoms with van der Waals surface area (Å²) in [6, 6.07) is 108. The highest BCUT2D eigenvalue weighted by Crippen LogP contribution is 2.53. The van der Waals surface area contributed by atoms with Crippen molar-refractivity contribution >= 4 is 110 Å². The first-order valence-corrected chi connectivity index (χ1v) is 32.0. The van der Waals surface area contributed by atoms with E-state index in [0.29, 0.717) is 0 Å². The van der Waals surface area contributed by atoms with Gasteiger partial charge in [0.25, 0.3) is 0 Å². The van der Waals surface area contributed by atoms with Crippen molar-refractivity contribution in [3.05, 3.63) is 330 Å². The molecular formula is C86H63BrN2O2. The number of rotatable bonds is 7. The Morgan fingerprint density at radius 1 is 0.286 bits per heavy atom. The summed E-state index contributed by atoms with van der Waals surface area (Å²) in [4.78, 5) is 2.36. The van der Waals surface area contributed by atoms with Crippen molar-refractivity contribution < 1.29 is 8.83 Å². The molecule has 0 saturated carbocycles. The molecule has 4 nitrogen and oxygen atoms in total. The van der Waals surface area contributed by atoms with Gasteiger partial charge in [0.15, 0.2) is 0 Å². The van der Waals surface area contributed by atoms with E-state index in [9.17, 15) is 0 Å². The Kier molecular flexibility index (Phi) is 13.7. The number of nitrogens with one attached hydrogen (secondary N) is 1. The van der Waals surface area contributed by atoms with Crippen LogP contribution in [0.15, 0.2) is 317 Å². The molecule has 5 heteroatoms. The molecule has 2 aliphatic carbocycles. The Hall–Kier alpha value is -10.7. The molecule has 0 amide bonds. The van der Waals surface area contributed by atoms with Gasteiger partial charge in [-0.05, 0) is 198 Å². The van der Waals surface area contributed by atoms with Crippen LogP contribution in [0, 0.1) is 0 Å². The van der Waals surface area contributed by atoms with E-state index in [4.69, 9.17) is 8.83 Å². The highest BCUT2D eigenvalue weighted by atomic mass is 79.9. The molecule has 2 heterocycles. The predicted octanol–water partition coefficient (Wildman–Crippen LogP) is 25.1. The van der Waals surface area contributed by atoms with E-state index in [-0.39, 0.29) is 10.8 Å². The second-order valence-corrected chi connectivity index (χ2v) is 26.0. The molecule has 91 heavy (non-hydrogen) atoms. The molecule has 0 unspecified atom stereocenters. The van der Waals surface area contributed by atoms with E-state index in [0.717, 1.165) is 76.8 Å². The molecule has 0 fully saturated rings. The minimum atomic E-state index is -0.129. The Bertz CT molecular complexity index is 5450. The number of nitrogens with zero attached hydrogens (tertiary/aromatic N) is 1. The third-order valence-corrected chi connectivity index (χ3v) is 19.3. The van der Waals surface area contributed by atoms with Crippen molar-refractivity contribution in [2.45, 2.75) is 38.5 Å². The summed E-state index contributed by atoms with van der Waals surface area (Å²) in [6.07, 6.45) is 0. The zero-order chi connectivity index (χ0) is 61.4. The number of hydrogen-bond acceptors (Lipinski definition) is 4. The van der Waals surface area contributed by atoms with Crippen LogP contribution in [0.2, 0.25) is 0 Å². The van der Waals surface area contributed by atoms with Crippen LogP contribution in [0.3, 0.4) is 0 Å². The van der Waals surface area contributed by atoms with Gasteiger partial charge in [0, 0.05) is 77.4 Å². The Morgan fingerprint density at radius 2 is 0.670 bits per heavy atom. The average Bonchev–Trinajstić information content (AvgIpc) is 1.60. The van der Waals surface area contributed by atoms with E-state index < -0.39 is 0 Å². The summed E-state index contributed by atoms with van der Waals surface area (Å²) in [6.45, 7) is 9.35. The second kappa shape index (κ2) is 22.4. The molecule has 2 aromatic heterocycles. The van der Waals surface area contributed by atoms with Crippen LogP contribution in [0.4, 0.5) is 28.4 Å². The zero-order valence-electron chi connectivity index (χ0n) is 51.0. The maximum Gasteiger partial charge on any atom is 0.137 e. The molecule has 14 aromatic carbocycles. The first-order valence-electron chi connectivity index (χ1n) is 31.2. The number of furan rings is 2. The number of para-hydroxylation sites is 2. The molecule has 0 aliphatic heterocycles. The normalized spacial score (nSPS) is 13.1. The SMILES string of the molecule is CC1(C)c2cc(Br)ccc2-c2cc3ccccc3cc21.CC1(C)c2cc(N(c3ccc(-c4ccccc4)cc3)c3ccc4c(c3)oc3ccccc34)ccc2-c2cc3ccccc3cc21.c1ccc(-c2ccc(Nc3ccc4c(c3)oc3ccccc34)cc2)cc1. The van der Waals surface area contributed by atoms with Crippen LogP contribution >= 0.6 is 15.9 Å². The van der Waals surface area contributed by atoms with Gasteiger partial charge in [-0.2, -0.15) is 0 Å². The fraction of sp³-hybridized carbons (Fsp3) is 0.0698. The molecule has 0 radical (unpaired) electrons. The topological polar surface area (TPSA) is 41.6 Å². The summed E-state index contributed by atoms with van der Waals surface area (Å²) in [5.74, 6) is 0. The molecule has 0 bridgehead atoms. The van der Waals surface area contributed by atoms with E-state index in [1.165, 1.54) is 88.3 Å². The minimum absolute atomic E-state index is 0.0679. The fourth-order valence-electron chi connectivity index (χ4n) is 14.0. The first kappa shape index (κ1) is 55.6. The molecule has 18 rings (SSSR count). The monoisotopic (exact) mass is 1230 g/mol. The maximum atomic E-state index is 6.35. The quantitative estimate of drug-likeness (QED) is 0.173. The molecule has 0 atom stereocenters. The van der Waals surface area contributed by atoms with Gasteiger partial charge < -0.3 is 19.1 Å². The number of fused-ring (bicyclic) bond motifs is 14. The lowest BCUT2D eigenvalue weighted by Crippen LogP contribution is -2.16. The third kappa shape index (κ3) is 10.0. The molecule has 436 valence electrons. The van der Waals surface area contributed by atoms with Gasteiger partial charge >= 0.3 is 0 Å². The maximum absolute atomic E-state index is 6.35. The molecule has 2 aliphatic rings. The largest absolute Gasteiger partial charge is 0.456 e. The first-order chi connectivity index (χ1) is 44.5. The van der Waals surface area contributed by atoms with Crippen LogP contribution < -0.4 is 10.2 Å². The van der Waals surface area contributed by atoms with Crippen molar-refractivity contribution in [3.8, 4) is 44.5 Å². The summed E-state index contributed by atoms with van der Waals surface area (Å²) in [7, 11) is 0. The minimum Gasteiger partial charge on any atom is -0.456 e. The predicted molar refractivity (Wildman–Crippen MR) is 387 cm³/mol. The molecule has 1 N–H and O–H groups in total. The van der Waals surface area contributed by atoms with Gasteiger partial charge in [0.1, 0.15) is 22.3 Å². The number of hydrogen-bond donors (Lipinski definition) is 1. The molecular weight excluding hydrogens is 1170 g/mol. The van der Waals surface area contributed by atoms with E-state index in [1.807, 2.05) is 36.4 Å². The summed E-state index contributed by atoms with van der Waals surface area (Å²) < 4.78 is 13.5. The van der Waals surface area contributed by atoms with Crippen LogP contribution in [-0.2, 0) is 10.8 Å². The lowest BCUT2D eigenvalue weighted by Gasteiger charge is -2.28. The van der Waals surface area contributed by atoms with Crippen molar-refractivity contribution in [1.82, 2.24) is 0 Å². The van der Waals surface area contributed by atoms with Gasteiger partial charge in [-0.25, -0.2) is 0 Å². The van der Waals surface area contributed by atoms with E-state index in [1.54, 1.807) is 0 Å². The lowest BCUT2D eigenvalue weighted by atomic mass is 9.81. The fourth-order valence-corrected chi connectivity index (χ4v) is 14.4. The van der Waals surface area contributed by atoms with Crippen molar-refractivity contribution in [3.63, 3.8) is 0 Å². The van der Waals surface area contributed by atoms with Crippen molar-refractivity contribution in [2.24, 2.45) is 0 Å². The van der Waals surface area contributed by atoms with Crippen LogP contribution in [0.1, 0.15) is 49.9 Å². The molecule has 0 saturated heterocycles. The van der Waals surface area contributed by atoms with Crippen LogP contribution in [-0.4, -0.2) is 0 Å². The zero-order valence-corrected chi connectivity index (χ0v) is 52.6. The third-order valence-electron chi connectivity index (χ3n) is 18.8. The smallest absolute Gasteiger partial charge is 0.137 e. The average molecular weight is 1240 g/mol. The van der Waals surface area contributed by atoms with Crippen LogP contribution in [0.25, 0.3) is 110 Å². The lowest BCUT2D eigenvalue weighted by molar-refractivity contribution is 0.661.